The van der Waals surface area contributed by atoms with Gasteiger partial charge in [0, 0.05) is 19.2 Å². The summed E-state index contributed by atoms with van der Waals surface area (Å²) in [4.78, 5) is 14.9. The Morgan fingerprint density at radius 3 is 2.48 bits per heavy atom. The molecule has 0 spiro atoms. The molecular formula is C20H28N4O4S. The van der Waals surface area contributed by atoms with Gasteiger partial charge in [-0.15, -0.1) is 0 Å². The van der Waals surface area contributed by atoms with E-state index in [2.05, 4.69) is 15.4 Å². The third-order valence-corrected chi connectivity index (χ3v) is 6.85. The highest BCUT2D eigenvalue weighted by molar-refractivity contribution is 7.89. The number of hydrogen-bond acceptors (Lipinski definition) is 6. The summed E-state index contributed by atoms with van der Waals surface area (Å²) in [7, 11) is -3.80. The van der Waals surface area contributed by atoms with Crippen molar-refractivity contribution in [3.63, 3.8) is 0 Å². The molecule has 1 N–H and O–H groups in total. The Bertz CT molecular complexity index is 918. The van der Waals surface area contributed by atoms with Gasteiger partial charge in [0.2, 0.25) is 15.9 Å². The van der Waals surface area contributed by atoms with Crippen molar-refractivity contribution in [2.75, 3.05) is 38.0 Å². The number of likely N-dealkylation sites (tertiary alicyclic amines) is 1. The van der Waals surface area contributed by atoms with Gasteiger partial charge in [0.1, 0.15) is 5.76 Å². The van der Waals surface area contributed by atoms with Crippen LogP contribution in [-0.2, 0) is 14.8 Å². The Morgan fingerprint density at radius 2 is 1.86 bits per heavy atom. The average Bonchev–Trinajstić information content (AvgIpc) is 3.10. The minimum absolute atomic E-state index is 0.187. The summed E-state index contributed by atoms with van der Waals surface area (Å²) in [6.45, 7) is 6.11. The van der Waals surface area contributed by atoms with Crippen LogP contribution < -0.4 is 5.32 Å². The molecule has 158 valence electrons. The van der Waals surface area contributed by atoms with E-state index in [0.717, 1.165) is 31.5 Å². The zero-order chi connectivity index (χ0) is 20.9. The SMILES string of the molecule is Cc1ccc(S(=O)(=O)N(CCN2CCCCC2)CC(=O)Nc2cc(C)on2)cc1. The van der Waals surface area contributed by atoms with Crippen molar-refractivity contribution in [1.29, 1.82) is 0 Å². The predicted molar refractivity (Wildman–Crippen MR) is 110 cm³/mol. The van der Waals surface area contributed by atoms with Crippen molar-refractivity contribution >= 4 is 21.7 Å². The van der Waals surface area contributed by atoms with E-state index in [4.69, 9.17) is 4.52 Å². The maximum Gasteiger partial charge on any atom is 0.243 e. The van der Waals surface area contributed by atoms with Crippen LogP contribution in [-0.4, -0.2) is 61.4 Å². The van der Waals surface area contributed by atoms with Crippen LogP contribution >= 0.6 is 0 Å². The van der Waals surface area contributed by atoms with Crippen molar-refractivity contribution in [2.24, 2.45) is 0 Å². The highest BCUT2D eigenvalue weighted by atomic mass is 32.2. The van der Waals surface area contributed by atoms with E-state index in [1.807, 2.05) is 6.92 Å². The first kappa shape index (κ1) is 21.5. The Balaban J connectivity index is 1.74. The smallest absolute Gasteiger partial charge is 0.243 e. The van der Waals surface area contributed by atoms with E-state index in [1.54, 1.807) is 37.3 Å². The van der Waals surface area contributed by atoms with Crippen LogP contribution in [0.5, 0.6) is 0 Å². The van der Waals surface area contributed by atoms with Crippen molar-refractivity contribution in [3.05, 3.63) is 41.7 Å². The number of benzene rings is 1. The number of rotatable bonds is 8. The number of carbonyl (C=O) groups is 1. The fourth-order valence-electron chi connectivity index (χ4n) is 3.35. The molecule has 1 aliphatic rings. The lowest BCUT2D eigenvalue weighted by Crippen LogP contribution is -2.43. The highest BCUT2D eigenvalue weighted by Gasteiger charge is 2.27. The summed E-state index contributed by atoms with van der Waals surface area (Å²) in [5.74, 6) is 0.387. The number of amides is 1. The molecule has 1 fully saturated rings. The standard InChI is InChI=1S/C20H28N4O4S/c1-16-6-8-18(9-7-16)29(26,27)24(13-12-23-10-4-3-5-11-23)15-20(25)21-19-14-17(2)28-22-19/h6-9,14H,3-5,10-13,15H2,1-2H3,(H,21,22,25). The van der Waals surface area contributed by atoms with Gasteiger partial charge in [-0.1, -0.05) is 29.3 Å². The summed E-state index contributed by atoms with van der Waals surface area (Å²) >= 11 is 0. The van der Waals surface area contributed by atoms with E-state index >= 15 is 0 Å². The molecule has 0 saturated carbocycles. The Morgan fingerprint density at radius 1 is 1.17 bits per heavy atom. The lowest BCUT2D eigenvalue weighted by molar-refractivity contribution is -0.116. The Kier molecular flexibility index (Phi) is 7.05. The molecule has 1 aromatic heterocycles. The number of piperidine rings is 1. The lowest BCUT2D eigenvalue weighted by Gasteiger charge is -2.29. The molecule has 3 rings (SSSR count). The molecule has 8 nitrogen and oxygen atoms in total. The summed E-state index contributed by atoms with van der Waals surface area (Å²) in [6, 6.07) is 8.27. The van der Waals surface area contributed by atoms with E-state index in [0.29, 0.717) is 12.3 Å². The van der Waals surface area contributed by atoms with Gasteiger partial charge in [0.25, 0.3) is 0 Å². The number of nitrogens with zero attached hydrogens (tertiary/aromatic N) is 3. The second-order valence-corrected chi connectivity index (χ2v) is 9.36. The number of sulfonamides is 1. The highest BCUT2D eigenvalue weighted by Crippen LogP contribution is 2.18. The molecule has 0 radical (unpaired) electrons. The molecule has 2 aromatic rings. The van der Waals surface area contributed by atoms with Gasteiger partial charge in [-0.2, -0.15) is 4.31 Å². The van der Waals surface area contributed by atoms with Crippen molar-refractivity contribution < 1.29 is 17.7 Å². The number of hydrogen-bond donors (Lipinski definition) is 1. The molecule has 1 aliphatic heterocycles. The molecule has 1 amide bonds. The van der Waals surface area contributed by atoms with Crippen LogP contribution in [0.3, 0.4) is 0 Å². The first-order valence-corrected chi connectivity index (χ1v) is 11.3. The van der Waals surface area contributed by atoms with Crippen molar-refractivity contribution in [2.45, 2.75) is 38.0 Å². The van der Waals surface area contributed by atoms with Crippen LogP contribution in [0.1, 0.15) is 30.6 Å². The van der Waals surface area contributed by atoms with Crippen LogP contribution in [0.25, 0.3) is 0 Å². The van der Waals surface area contributed by atoms with E-state index in [-0.39, 0.29) is 23.8 Å². The van der Waals surface area contributed by atoms with Gasteiger partial charge in [0.15, 0.2) is 5.82 Å². The van der Waals surface area contributed by atoms with Gasteiger partial charge >= 0.3 is 0 Å². The molecule has 0 unspecified atom stereocenters. The van der Waals surface area contributed by atoms with Gasteiger partial charge in [0.05, 0.1) is 11.4 Å². The zero-order valence-corrected chi connectivity index (χ0v) is 17.7. The second-order valence-electron chi connectivity index (χ2n) is 7.42. The quantitative estimate of drug-likeness (QED) is 0.705. The Hall–Kier alpha value is -2.23. The maximum absolute atomic E-state index is 13.2. The maximum atomic E-state index is 13.2. The molecule has 1 aromatic carbocycles. The molecule has 29 heavy (non-hydrogen) atoms. The third kappa shape index (κ3) is 5.88. The van der Waals surface area contributed by atoms with Crippen molar-refractivity contribution in [1.82, 2.24) is 14.4 Å². The fraction of sp³-hybridized carbons (Fsp3) is 0.500. The summed E-state index contributed by atoms with van der Waals surface area (Å²) < 4.78 is 32.6. The Labute approximate surface area is 171 Å². The first-order chi connectivity index (χ1) is 13.8. The number of nitrogens with one attached hydrogen (secondary N) is 1. The molecule has 9 heteroatoms. The van der Waals surface area contributed by atoms with Gasteiger partial charge in [-0.25, -0.2) is 8.42 Å². The van der Waals surface area contributed by atoms with Crippen LogP contribution in [0, 0.1) is 13.8 Å². The normalized spacial score (nSPS) is 15.6. The topological polar surface area (TPSA) is 95.8 Å². The molecule has 0 bridgehead atoms. The van der Waals surface area contributed by atoms with Gasteiger partial charge < -0.3 is 14.7 Å². The summed E-state index contributed by atoms with van der Waals surface area (Å²) in [5.41, 5.74) is 0.975. The van der Waals surface area contributed by atoms with E-state index in [1.165, 1.54) is 10.7 Å². The number of anilines is 1. The molecular weight excluding hydrogens is 392 g/mol. The predicted octanol–water partition coefficient (Wildman–Crippen LogP) is 2.41. The monoisotopic (exact) mass is 420 g/mol. The number of carbonyl (C=O) groups excluding carboxylic acids is 1. The minimum Gasteiger partial charge on any atom is -0.360 e. The summed E-state index contributed by atoms with van der Waals surface area (Å²) in [6.07, 6.45) is 3.45. The van der Waals surface area contributed by atoms with Crippen LogP contribution in [0.2, 0.25) is 0 Å². The molecule has 0 aliphatic carbocycles. The molecule has 2 heterocycles. The molecule has 1 saturated heterocycles. The fourth-order valence-corrected chi connectivity index (χ4v) is 4.73. The third-order valence-electron chi connectivity index (χ3n) is 4.99. The molecule has 0 atom stereocenters. The average molecular weight is 421 g/mol. The number of aromatic nitrogens is 1. The van der Waals surface area contributed by atoms with Crippen molar-refractivity contribution in [3.8, 4) is 0 Å². The number of aryl methyl sites for hydroxylation is 2. The van der Waals surface area contributed by atoms with Gasteiger partial charge in [-0.05, 0) is 51.9 Å². The zero-order valence-electron chi connectivity index (χ0n) is 16.9. The second kappa shape index (κ2) is 9.51. The van der Waals surface area contributed by atoms with Crippen LogP contribution in [0.4, 0.5) is 5.82 Å². The van der Waals surface area contributed by atoms with E-state index < -0.39 is 15.9 Å². The minimum atomic E-state index is -3.80. The lowest BCUT2D eigenvalue weighted by atomic mass is 10.1. The summed E-state index contributed by atoms with van der Waals surface area (Å²) in [5, 5.41) is 6.33. The first-order valence-electron chi connectivity index (χ1n) is 9.87. The largest absolute Gasteiger partial charge is 0.360 e. The van der Waals surface area contributed by atoms with Crippen LogP contribution in [0.15, 0.2) is 39.8 Å². The van der Waals surface area contributed by atoms with Gasteiger partial charge in [-0.3, -0.25) is 4.79 Å². The van der Waals surface area contributed by atoms with E-state index in [9.17, 15) is 13.2 Å².